The first-order valence-electron chi connectivity index (χ1n) is 6.28. The molecule has 0 spiro atoms. The number of nitriles is 1. The van der Waals surface area contributed by atoms with Gasteiger partial charge in [-0.15, -0.1) is 5.10 Å². The monoisotopic (exact) mass is 309 g/mol. The molecule has 0 fully saturated rings. The molecule has 108 valence electrons. The van der Waals surface area contributed by atoms with Gasteiger partial charge >= 0.3 is 5.97 Å². The summed E-state index contributed by atoms with van der Waals surface area (Å²) < 4.78 is 4.94. The first-order valence-corrected chi connectivity index (χ1v) is 7.05. The molecule has 1 heterocycles. The van der Waals surface area contributed by atoms with Gasteiger partial charge in [-0.25, -0.2) is 4.79 Å². The molecule has 0 saturated heterocycles. The standard InChI is InChI=1S/C10H7NO2.C6H4N2S/c11-7-9(10(12)13)6-8-4-2-1-3-5-8;1-2-4-6-5(3-1)7-8-9-6/h1-6H,(H,12,13);1-4H. The average Bonchev–Trinajstić information content (AvgIpc) is 3.02. The summed E-state index contributed by atoms with van der Waals surface area (Å²) in [5, 5.41) is 20.9. The van der Waals surface area contributed by atoms with Crippen molar-refractivity contribution in [1.82, 2.24) is 9.59 Å². The van der Waals surface area contributed by atoms with Crippen LogP contribution in [0, 0.1) is 11.3 Å². The van der Waals surface area contributed by atoms with Gasteiger partial charge in [0.15, 0.2) is 0 Å². The van der Waals surface area contributed by atoms with Gasteiger partial charge in [-0.2, -0.15) is 5.26 Å². The van der Waals surface area contributed by atoms with Crippen molar-refractivity contribution in [3.63, 3.8) is 0 Å². The van der Waals surface area contributed by atoms with E-state index in [9.17, 15) is 4.79 Å². The van der Waals surface area contributed by atoms with Crippen LogP contribution in [-0.4, -0.2) is 20.7 Å². The van der Waals surface area contributed by atoms with Gasteiger partial charge in [-0.1, -0.05) is 47.0 Å². The number of hydrogen-bond donors (Lipinski definition) is 1. The average molecular weight is 309 g/mol. The molecule has 22 heavy (non-hydrogen) atoms. The van der Waals surface area contributed by atoms with Crippen molar-refractivity contribution >= 4 is 33.8 Å². The first kappa shape index (κ1) is 15.4. The summed E-state index contributed by atoms with van der Waals surface area (Å²) in [5.41, 5.74) is 1.44. The van der Waals surface area contributed by atoms with Crippen molar-refractivity contribution in [2.24, 2.45) is 0 Å². The third-order valence-corrected chi connectivity index (χ3v) is 3.32. The molecule has 2 aromatic carbocycles. The van der Waals surface area contributed by atoms with Crippen molar-refractivity contribution in [2.45, 2.75) is 0 Å². The van der Waals surface area contributed by atoms with Gasteiger partial charge in [0.05, 0.1) is 4.70 Å². The van der Waals surface area contributed by atoms with Crippen molar-refractivity contribution in [3.05, 3.63) is 65.7 Å². The van der Waals surface area contributed by atoms with E-state index in [1.54, 1.807) is 30.3 Å². The Hall–Kier alpha value is -3.04. The van der Waals surface area contributed by atoms with Crippen LogP contribution in [0.15, 0.2) is 60.2 Å². The summed E-state index contributed by atoms with van der Waals surface area (Å²) in [6.45, 7) is 0. The summed E-state index contributed by atoms with van der Waals surface area (Å²) in [6, 6.07) is 18.4. The lowest BCUT2D eigenvalue weighted by atomic mass is 10.1. The van der Waals surface area contributed by atoms with E-state index in [1.165, 1.54) is 17.6 Å². The van der Waals surface area contributed by atoms with Gasteiger partial charge in [0.2, 0.25) is 0 Å². The van der Waals surface area contributed by atoms with Crippen molar-refractivity contribution in [1.29, 1.82) is 5.26 Å². The van der Waals surface area contributed by atoms with E-state index in [0.29, 0.717) is 5.56 Å². The van der Waals surface area contributed by atoms with Crippen molar-refractivity contribution in [2.75, 3.05) is 0 Å². The lowest BCUT2D eigenvalue weighted by Gasteiger charge is -1.91. The largest absolute Gasteiger partial charge is 0.477 e. The van der Waals surface area contributed by atoms with Gasteiger partial charge in [0.1, 0.15) is 17.2 Å². The highest BCUT2D eigenvalue weighted by Crippen LogP contribution is 2.12. The number of nitrogens with zero attached hydrogens (tertiary/aromatic N) is 3. The lowest BCUT2D eigenvalue weighted by molar-refractivity contribution is -0.132. The van der Waals surface area contributed by atoms with Crippen LogP contribution in [0.5, 0.6) is 0 Å². The minimum Gasteiger partial charge on any atom is -0.477 e. The van der Waals surface area contributed by atoms with Crippen molar-refractivity contribution in [3.8, 4) is 6.07 Å². The molecule has 5 nitrogen and oxygen atoms in total. The molecule has 1 aromatic heterocycles. The minimum atomic E-state index is -1.20. The Kier molecular flexibility index (Phi) is 5.35. The van der Waals surface area contributed by atoms with E-state index in [0.717, 1.165) is 10.2 Å². The minimum absolute atomic E-state index is 0.258. The molecule has 0 saturated carbocycles. The molecule has 3 aromatic rings. The summed E-state index contributed by atoms with van der Waals surface area (Å²) in [7, 11) is 0. The quantitative estimate of drug-likeness (QED) is 0.579. The van der Waals surface area contributed by atoms with Crippen LogP contribution in [0.25, 0.3) is 16.3 Å². The fourth-order valence-electron chi connectivity index (χ4n) is 1.58. The number of carboxylic acids is 1. The second kappa shape index (κ2) is 7.67. The zero-order chi connectivity index (χ0) is 15.8. The Morgan fingerprint density at radius 2 is 1.82 bits per heavy atom. The molecule has 0 aliphatic rings. The van der Waals surface area contributed by atoms with Crippen LogP contribution in [0.3, 0.4) is 0 Å². The molecular weight excluding hydrogens is 298 g/mol. The zero-order valence-corrected chi connectivity index (χ0v) is 12.2. The maximum Gasteiger partial charge on any atom is 0.346 e. The van der Waals surface area contributed by atoms with E-state index in [4.69, 9.17) is 10.4 Å². The number of hydrogen-bond acceptors (Lipinski definition) is 5. The number of benzene rings is 2. The molecule has 0 amide bonds. The van der Waals surface area contributed by atoms with Gasteiger partial charge in [-0.3, -0.25) is 0 Å². The Balaban J connectivity index is 0.000000170. The fourth-order valence-corrected chi connectivity index (χ4v) is 2.14. The molecule has 6 heteroatoms. The second-order valence-electron chi connectivity index (χ2n) is 4.13. The number of carboxylic acid groups (broad SMARTS) is 1. The van der Waals surface area contributed by atoms with Crippen molar-refractivity contribution < 1.29 is 9.90 Å². The van der Waals surface area contributed by atoms with Crippen LogP contribution in [0.1, 0.15) is 5.56 Å². The van der Waals surface area contributed by atoms with Gasteiger partial charge < -0.3 is 5.11 Å². The highest BCUT2D eigenvalue weighted by Gasteiger charge is 2.04. The SMILES string of the molecule is N#CC(=Cc1ccccc1)C(=O)O.c1ccc2snnc2c1. The van der Waals surface area contributed by atoms with Crippen LogP contribution in [0.4, 0.5) is 0 Å². The van der Waals surface area contributed by atoms with E-state index in [-0.39, 0.29) is 5.57 Å². The maximum absolute atomic E-state index is 10.4. The maximum atomic E-state index is 10.4. The Bertz CT molecular complexity index is 805. The fraction of sp³-hybridized carbons (Fsp3) is 0. The summed E-state index contributed by atoms with van der Waals surface area (Å²) >= 11 is 1.43. The molecule has 0 aliphatic heterocycles. The number of aromatic nitrogens is 2. The van der Waals surface area contributed by atoms with E-state index in [1.807, 2.05) is 30.3 Å². The van der Waals surface area contributed by atoms with Crippen LogP contribution in [0.2, 0.25) is 0 Å². The van der Waals surface area contributed by atoms with E-state index in [2.05, 4.69) is 9.59 Å². The molecule has 3 rings (SSSR count). The Morgan fingerprint density at radius 3 is 2.45 bits per heavy atom. The Labute approximate surface area is 130 Å². The lowest BCUT2D eigenvalue weighted by Crippen LogP contribution is -1.97. The molecule has 0 atom stereocenters. The first-order chi connectivity index (χ1) is 10.7. The molecule has 0 radical (unpaired) electrons. The predicted octanol–water partition coefficient (Wildman–Crippen LogP) is 3.37. The van der Waals surface area contributed by atoms with E-state index < -0.39 is 5.97 Å². The van der Waals surface area contributed by atoms with Gasteiger partial charge in [0, 0.05) is 0 Å². The Morgan fingerprint density at radius 1 is 1.14 bits per heavy atom. The number of rotatable bonds is 2. The molecule has 1 N–H and O–H groups in total. The van der Waals surface area contributed by atoms with Crippen LogP contribution < -0.4 is 0 Å². The molecule has 0 unspecified atom stereocenters. The second-order valence-corrected chi connectivity index (χ2v) is 4.91. The smallest absolute Gasteiger partial charge is 0.346 e. The molecular formula is C16H11N3O2S. The molecule has 0 aliphatic carbocycles. The predicted molar refractivity (Wildman–Crippen MR) is 85.1 cm³/mol. The third-order valence-electron chi connectivity index (χ3n) is 2.61. The van der Waals surface area contributed by atoms with Gasteiger partial charge in [-0.05, 0) is 35.3 Å². The number of aliphatic carboxylic acids is 1. The molecule has 0 bridgehead atoms. The van der Waals surface area contributed by atoms with E-state index >= 15 is 0 Å². The highest BCUT2D eigenvalue weighted by molar-refractivity contribution is 7.12. The van der Waals surface area contributed by atoms with Crippen LogP contribution in [-0.2, 0) is 4.79 Å². The summed E-state index contributed by atoms with van der Waals surface area (Å²) in [4.78, 5) is 10.4. The number of carbonyl (C=O) groups is 1. The third kappa shape index (κ3) is 4.23. The highest BCUT2D eigenvalue weighted by atomic mass is 32.1. The topological polar surface area (TPSA) is 86.9 Å². The van der Waals surface area contributed by atoms with Gasteiger partial charge in [0.25, 0.3) is 0 Å². The van der Waals surface area contributed by atoms with Crippen LogP contribution >= 0.6 is 11.5 Å². The normalized spacial score (nSPS) is 10.4. The zero-order valence-electron chi connectivity index (χ0n) is 11.4. The summed E-state index contributed by atoms with van der Waals surface area (Å²) in [5.74, 6) is -1.20. The number of fused-ring (bicyclic) bond motifs is 1. The summed E-state index contributed by atoms with van der Waals surface area (Å²) in [6.07, 6.45) is 1.34.